The summed E-state index contributed by atoms with van der Waals surface area (Å²) in [5, 5.41) is 7.65. The van der Waals surface area contributed by atoms with Gasteiger partial charge in [0.15, 0.2) is 0 Å². The second-order valence-electron chi connectivity index (χ2n) is 5.29. The molecular weight excluding hydrogens is 383 g/mol. The molecule has 0 radical (unpaired) electrons. The molecule has 1 amide bonds. The number of hydrogen-bond donors (Lipinski definition) is 1. The molecule has 130 valence electrons. The lowest BCUT2D eigenvalue weighted by Gasteiger charge is -2.04. The molecule has 0 spiro atoms. The Bertz CT molecular complexity index is 999. The van der Waals surface area contributed by atoms with Gasteiger partial charge < -0.3 is 5.32 Å². The van der Waals surface area contributed by atoms with Crippen molar-refractivity contribution in [2.45, 2.75) is 13.3 Å². The lowest BCUT2D eigenvalue weighted by atomic mass is 10.1. The summed E-state index contributed by atoms with van der Waals surface area (Å²) in [6, 6.07) is 7.27. The summed E-state index contributed by atoms with van der Waals surface area (Å²) in [4.78, 5) is 29.3. The number of thiazole rings is 1. The lowest BCUT2D eigenvalue weighted by molar-refractivity contribution is 0.0959. The van der Waals surface area contributed by atoms with Crippen molar-refractivity contribution in [1.29, 1.82) is 0 Å². The highest BCUT2D eigenvalue weighted by molar-refractivity contribution is 7.19. The number of benzene rings is 1. The van der Waals surface area contributed by atoms with Crippen LogP contribution in [0.4, 0.5) is 0 Å². The summed E-state index contributed by atoms with van der Waals surface area (Å²) < 4.78 is 1.52. The van der Waals surface area contributed by atoms with E-state index in [1.807, 2.05) is 18.2 Å². The molecule has 0 saturated heterocycles. The van der Waals surface area contributed by atoms with Crippen LogP contribution in [-0.4, -0.2) is 32.9 Å². The van der Waals surface area contributed by atoms with E-state index in [0.717, 1.165) is 16.9 Å². The van der Waals surface area contributed by atoms with Crippen LogP contribution in [-0.2, 0) is 6.42 Å². The first-order valence-corrected chi connectivity index (χ1v) is 9.21. The minimum atomic E-state index is -0.422. The highest BCUT2D eigenvalue weighted by Crippen LogP contribution is 2.21. The smallest absolute Gasteiger partial charge is 0.296 e. The highest BCUT2D eigenvalue weighted by Gasteiger charge is 2.18. The van der Waals surface area contributed by atoms with Gasteiger partial charge in [0.05, 0.1) is 5.69 Å². The maximum Gasteiger partial charge on any atom is 0.296 e. The Kier molecular flexibility index (Phi) is 5.36. The first-order valence-electron chi connectivity index (χ1n) is 7.48. The molecule has 3 rings (SSSR count). The average Bonchev–Trinajstić information content (AvgIpc) is 2.91. The molecule has 0 unspecified atom stereocenters. The zero-order valence-corrected chi connectivity index (χ0v) is 15.6. The zero-order valence-electron chi connectivity index (χ0n) is 13.3. The third-order valence-electron chi connectivity index (χ3n) is 3.59. The minimum absolute atomic E-state index is 0.254. The van der Waals surface area contributed by atoms with E-state index in [4.69, 9.17) is 23.2 Å². The summed E-state index contributed by atoms with van der Waals surface area (Å²) in [7, 11) is 0. The standard InChI is InChI=1S/C16H14Cl2N4O2S/c1-9-13(15(24)19-7-6-17)25-16-20-14(23)12(21-22(9)16)8-10-4-2-3-5-11(10)18/h2-5H,6-8H2,1H3,(H,19,24). The van der Waals surface area contributed by atoms with E-state index in [1.54, 1.807) is 13.0 Å². The van der Waals surface area contributed by atoms with Gasteiger partial charge in [-0.15, -0.1) is 11.6 Å². The maximum atomic E-state index is 12.3. The summed E-state index contributed by atoms with van der Waals surface area (Å²) >= 11 is 12.9. The summed E-state index contributed by atoms with van der Waals surface area (Å²) in [5.41, 5.74) is 1.27. The van der Waals surface area contributed by atoms with Crippen LogP contribution in [0, 0.1) is 6.92 Å². The van der Waals surface area contributed by atoms with Crippen LogP contribution in [0.25, 0.3) is 4.96 Å². The molecule has 1 aromatic carbocycles. The molecule has 0 saturated carbocycles. The molecule has 6 nitrogen and oxygen atoms in total. The Morgan fingerprint density at radius 1 is 1.36 bits per heavy atom. The predicted molar refractivity (Wildman–Crippen MR) is 99.2 cm³/mol. The van der Waals surface area contributed by atoms with Gasteiger partial charge in [-0.05, 0) is 18.6 Å². The molecule has 0 fully saturated rings. The van der Waals surface area contributed by atoms with E-state index in [0.29, 0.717) is 33.0 Å². The molecule has 1 N–H and O–H groups in total. The molecule has 2 aromatic heterocycles. The molecule has 0 aliphatic rings. The Hall–Kier alpha value is -1.96. The van der Waals surface area contributed by atoms with Crippen molar-refractivity contribution in [3.05, 3.63) is 61.5 Å². The summed E-state index contributed by atoms with van der Waals surface area (Å²) in [6.07, 6.45) is 0.275. The first-order chi connectivity index (χ1) is 12.0. The van der Waals surface area contributed by atoms with Crippen molar-refractivity contribution in [3.8, 4) is 0 Å². The predicted octanol–water partition coefficient (Wildman–Crippen LogP) is 2.67. The van der Waals surface area contributed by atoms with Crippen LogP contribution in [0.1, 0.15) is 26.6 Å². The van der Waals surface area contributed by atoms with Gasteiger partial charge in [0.1, 0.15) is 10.6 Å². The van der Waals surface area contributed by atoms with Crippen molar-refractivity contribution >= 4 is 45.4 Å². The summed E-state index contributed by atoms with van der Waals surface area (Å²) in [6.45, 7) is 2.13. The van der Waals surface area contributed by atoms with Gasteiger partial charge in [0.25, 0.3) is 11.5 Å². The molecule has 3 aromatic rings. The van der Waals surface area contributed by atoms with Gasteiger partial charge in [-0.3, -0.25) is 9.59 Å². The number of hydrogen-bond acceptors (Lipinski definition) is 5. The molecule has 0 aliphatic heterocycles. The number of nitrogens with zero attached hydrogens (tertiary/aromatic N) is 3. The second kappa shape index (κ2) is 7.51. The third-order valence-corrected chi connectivity index (χ3v) is 5.28. The summed E-state index contributed by atoms with van der Waals surface area (Å²) in [5.74, 6) is 0.0713. The van der Waals surface area contributed by atoms with E-state index >= 15 is 0 Å². The monoisotopic (exact) mass is 396 g/mol. The number of aromatic nitrogens is 3. The first kappa shape index (κ1) is 17.8. The van der Waals surface area contributed by atoms with Crippen LogP contribution < -0.4 is 10.9 Å². The number of rotatable bonds is 5. The Morgan fingerprint density at radius 3 is 2.84 bits per heavy atom. The van der Waals surface area contributed by atoms with Gasteiger partial charge in [0, 0.05) is 23.9 Å². The zero-order chi connectivity index (χ0) is 18.0. The van der Waals surface area contributed by atoms with E-state index in [-0.39, 0.29) is 18.0 Å². The number of aryl methyl sites for hydroxylation is 1. The Labute approximate surface area is 157 Å². The third kappa shape index (κ3) is 3.68. The van der Waals surface area contributed by atoms with E-state index < -0.39 is 5.56 Å². The fourth-order valence-corrected chi connectivity index (χ4v) is 3.61. The SMILES string of the molecule is Cc1c(C(=O)NCCCl)sc2nc(=O)c(Cc3ccccc3Cl)nn12. The maximum absolute atomic E-state index is 12.3. The van der Waals surface area contributed by atoms with Gasteiger partial charge in [-0.25, -0.2) is 4.52 Å². The topological polar surface area (TPSA) is 76.4 Å². The van der Waals surface area contributed by atoms with Crippen LogP contribution in [0.5, 0.6) is 0 Å². The molecule has 2 heterocycles. The van der Waals surface area contributed by atoms with Crippen LogP contribution >= 0.6 is 34.5 Å². The van der Waals surface area contributed by atoms with Gasteiger partial charge in [-0.1, -0.05) is 41.1 Å². The molecular formula is C16H14Cl2N4O2S. The van der Waals surface area contributed by atoms with Crippen molar-refractivity contribution < 1.29 is 4.79 Å². The average molecular weight is 397 g/mol. The van der Waals surface area contributed by atoms with Gasteiger partial charge in [-0.2, -0.15) is 10.1 Å². The van der Waals surface area contributed by atoms with Gasteiger partial charge >= 0.3 is 0 Å². The van der Waals surface area contributed by atoms with Gasteiger partial charge in [0.2, 0.25) is 4.96 Å². The van der Waals surface area contributed by atoms with Crippen molar-refractivity contribution in [3.63, 3.8) is 0 Å². The number of halogens is 2. The second-order valence-corrected chi connectivity index (χ2v) is 7.05. The molecule has 0 atom stereocenters. The van der Waals surface area contributed by atoms with Crippen molar-refractivity contribution in [2.24, 2.45) is 0 Å². The largest absolute Gasteiger partial charge is 0.350 e. The Morgan fingerprint density at radius 2 is 2.12 bits per heavy atom. The normalized spacial score (nSPS) is 11.0. The number of alkyl halides is 1. The number of carbonyl (C=O) groups is 1. The Balaban J connectivity index is 2.01. The van der Waals surface area contributed by atoms with Crippen molar-refractivity contribution in [2.75, 3.05) is 12.4 Å². The molecule has 25 heavy (non-hydrogen) atoms. The van der Waals surface area contributed by atoms with Crippen LogP contribution in [0.2, 0.25) is 5.02 Å². The fourth-order valence-electron chi connectivity index (χ4n) is 2.34. The molecule has 0 aliphatic carbocycles. The van der Waals surface area contributed by atoms with E-state index in [1.165, 1.54) is 4.52 Å². The minimum Gasteiger partial charge on any atom is -0.350 e. The highest BCUT2D eigenvalue weighted by atomic mass is 35.5. The molecule has 0 bridgehead atoms. The van der Waals surface area contributed by atoms with E-state index in [9.17, 15) is 9.59 Å². The van der Waals surface area contributed by atoms with Crippen molar-refractivity contribution in [1.82, 2.24) is 19.9 Å². The molecule has 9 heteroatoms. The van der Waals surface area contributed by atoms with Crippen LogP contribution in [0.15, 0.2) is 29.1 Å². The quantitative estimate of drug-likeness (QED) is 0.672. The van der Waals surface area contributed by atoms with E-state index in [2.05, 4.69) is 15.4 Å². The lowest BCUT2D eigenvalue weighted by Crippen LogP contribution is -2.25. The fraction of sp³-hybridized carbons (Fsp3) is 0.250. The number of carbonyl (C=O) groups excluding carboxylic acids is 1. The number of fused-ring (bicyclic) bond motifs is 1. The number of nitrogens with one attached hydrogen (secondary N) is 1. The van der Waals surface area contributed by atoms with Crippen LogP contribution in [0.3, 0.4) is 0 Å². The number of amides is 1.